The molecule has 2 N–H and O–H groups in total. The molecule has 0 fully saturated rings. The van der Waals surface area contributed by atoms with Gasteiger partial charge in [-0.1, -0.05) is 0 Å². The van der Waals surface area contributed by atoms with Gasteiger partial charge >= 0.3 is 0 Å². The SMILES string of the molecule is CCN(CC)C(=O)/C(C1=NCCCN1)=C(/C)O. The van der Waals surface area contributed by atoms with Crippen LogP contribution in [-0.4, -0.2) is 47.9 Å². The molecule has 5 nitrogen and oxygen atoms in total. The fraction of sp³-hybridized carbons (Fsp3) is 0.667. The van der Waals surface area contributed by atoms with Crippen molar-refractivity contribution < 1.29 is 9.90 Å². The van der Waals surface area contributed by atoms with E-state index in [4.69, 9.17) is 0 Å². The summed E-state index contributed by atoms with van der Waals surface area (Å²) in [5, 5.41) is 12.8. The van der Waals surface area contributed by atoms with E-state index in [1.807, 2.05) is 13.8 Å². The highest BCUT2D eigenvalue weighted by molar-refractivity contribution is 6.21. The molecule has 0 unspecified atom stereocenters. The van der Waals surface area contributed by atoms with Gasteiger partial charge in [0.15, 0.2) is 0 Å². The molecule has 0 radical (unpaired) electrons. The number of hydrogen-bond acceptors (Lipinski definition) is 4. The van der Waals surface area contributed by atoms with Crippen LogP contribution in [0.3, 0.4) is 0 Å². The number of carbonyl (C=O) groups is 1. The Kier molecular flexibility index (Phi) is 5.00. The van der Waals surface area contributed by atoms with E-state index in [2.05, 4.69) is 10.3 Å². The van der Waals surface area contributed by atoms with E-state index >= 15 is 0 Å². The molecule has 1 heterocycles. The molecular weight excluding hydrogens is 218 g/mol. The van der Waals surface area contributed by atoms with Crippen LogP contribution in [0.25, 0.3) is 0 Å². The highest BCUT2D eigenvalue weighted by atomic mass is 16.3. The van der Waals surface area contributed by atoms with Crippen LogP contribution in [-0.2, 0) is 4.79 Å². The summed E-state index contributed by atoms with van der Waals surface area (Å²) in [6.07, 6.45) is 0.959. The van der Waals surface area contributed by atoms with Crippen LogP contribution in [0.5, 0.6) is 0 Å². The molecule has 0 aromatic carbocycles. The molecule has 17 heavy (non-hydrogen) atoms. The molecule has 1 aliphatic rings. The number of carbonyl (C=O) groups excluding carboxylic acids is 1. The summed E-state index contributed by atoms with van der Waals surface area (Å²) in [4.78, 5) is 18.2. The number of likely N-dealkylation sites (N-methyl/N-ethyl adjacent to an activating group) is 1. The fourth-order valence-corrected chi connectivity index (χ4v) is 1.80. The first-order valence-corrected chi connectivity index (χ1v) is 6.09. The van der Waals surface area contributed by atoms with Gasteiger partial charge in [-0.15, -0.1) is 0 Å². The summed E-state index contributed by atoms with van der Waals surface area (Å²) < 4.78 is 0. The lowest BCUT2D eigenvalue weighted by molar-refractivity contribution is -0.126. The maximum Gasteiger partial charge on any atom is 0.260 e. The quantitative estimate of drug-likeness (QED) is 0.570. The standard InChI is InChI=1S/C12H21N3O2/c1-4-15(5-2)12(17)10(9(3)16)11-13-7-6-8-14-11/h16H,4-8H2,1-3H3,(H,13,14)/b10-9-. The Balaban J connectivity index is 2.98. The van der Waals surface area contributed by atoms with E-state index in [9.17, 15) is 9.90 Å². The highest BCUT2D eigenvalue weighted by Crippen LogP contribution is 2.10. The Hall–Kier alpha value is -1.52. The van der Waals surface area contributed by atoms with Crippen molar-refractivity contribution in [2.45, 2.75) is 27.2 Å². The van der Waals surface area contributed by atoms with E-state index in [-0.39, 0.29) is 11.7 Å². The molecule has 1 rings (SSSR count). The van der Waals surface area contributed by atoms with Crippen molar-refractivity contribution in [2.75, 3.05) is 26.2 Å². The molecule has 0 saturated carbocycles. The zero-order valence-electron chi connectivity index (χ0n) is 10.8. The molecule has 1 aliphatic heterocycles. The maximum absolute atomic E-state index is 12.2. The fourth-order valence-electron chi connectivity index (χ4n) is 1.80. The molecule has 0 bridgehead atoms. The zero-order chi connectivity index (χ0) is 12.8. The molecule has 0 atom stereocenters. The van der Waals surface area contributed by atoms with Crippen LogP contribution in [0.15, 0.2) is 16.3 Å². The Morgan fingerprint density at radius 1 is 1.47 bits per heavy atom. The van der Waals surface area contributed by atoms with Crippen LogP contribution in [0.2, 0.25) is 0 Å². The Morgan fingerprint density at radius 3 is 2.53 bits per heavy atom. The summed E-state index contributed by atoms with van der Waals surface area (Å²) >= 11 is 0. The lowest BCUT2D eigenvalue weighted by Gasteiger charge is -2.23. The first-order valence-electron chi connectivity index (χ1n) is 6.09. The third kappa shape index (κ3) is 3.22. The van der Waals surface area contributed by atoms with Gasteiger partial charge < -0.3 is 15.3 Å². The summed E-state index contributed by atoms with van der Waals surface area (Å²) in [6, 6.07) is 0. The largest absolute Gasteiger partial charge is 0.512 e. The van der Waals surface area contributed by atoms with Crippen molar-refractivity contribution in [2.24, 2.45) is 4.99 Å². The third-order valence-electron chi connectivity index (χ3n) is 2.76. The van der Waals surface area contributed by atoms with Gasteiger partial charge in [-0.25, -0.2) is 0 Å². The minimum absolute atomic E-state index is 0.0232. The number of aliphatic imine (C=N–C) groups is 1. The van der Waals surface area contributed by atoms with E-state index in [0.29, 0.717) is 31.0 Å². The van der Waals surface area contributed by atoms with Crippen molar-refractivity contribution in [3.63, 3.8) is 0 Å². The Labute approximate surface area is 102 Å². The zero-order valence-corrected chi connectivity index (χ0v) is 10.8. The Morgan fingerprint density at radius 2 is 2.12 bits per heavy atom. The predicted octanol–water partition coefficient (Wildman–Crippen LogP) is 1.08. The monoisotopic (exact) mass is 239 g/mol. The molecule has 5 heteroatoms. The number of amidine groups is 1. The van der Waals surface area contributed by atoms with Crippen LogP contribution < -0.4 is 5.32 Å². The maximum atomic E-state index is 12.2. The van der Waals surface area contributed by atoms with Gasteiger partial charge in [0.1, 0.15) is 17.2 Å². The molecule has 0 spiro atoms. The summed E-state index contributed by atoms with van der Waals surface area (Å²) in [5.74, 6) is 0.381. The van der Waals surface area contributed by atoms with Gasteiger partial charge in [0.05, 0.1) is 0 Å². The lowest BCUT2D eigenvalue weighted by atomic mass is 10.1. The van der Waals surface area contributed by atoms with E-state index in [0.717, 1.165) is 13.0 Å². The van der Waals surface area contributed by atoms with Crippen molar-refractivity contribution in [3.8, 4) is 0 Å². The normalized spacial score (nSPS) is 16.8. The van der Waals surface area contributed by atoms with Crippen molar-refractivity contribution in [1.29, 1.82) is 0 Å². The number of hydrogen-bond donors (Lipinski definition) is 2. The predicted molar refractivity (Wildman–Crippen MR) is 68.2 cm³/mol. The van der Waals surface area contributed by atoms with Crippen molar-refractivity contribution in [3.05, 3.63) is 11.3 Å². The average Bonchev–Trinajstić information content (AvgIpc) is 2.31. The number of amides is 1. The van der Waals surface area contributed by atoms with Gasteiger partial charge in [-0.2, -0.15) is 0 Å². The van der Waals surface area contributed by atoms with Crippen molar-refractivity contribution in [1.82, 2.24) is 10.2 Å². The number of aliphatic hydroxyl groups excluding tert-OH is 1. The topological polar surface area (TPSA) is 64.9 Å². The second-order valence-electron chi connectivity index (χ2n) is 3.95. The second-order valence-corrected chi connectivity index (χ2v) is 3.95. The molecule has 0 aromatic rings. The number of allylic oxidation sites excluding steroid dienone is 1. The smallest absolute Gasteiger partial charge is 0.260 e. The number of aliphatic hydroxyl groups is 1. The van der Waals surface area contributed by atoms with Gasteiger partial charge in [0, 0.05) is 26.2 Å². The molecule has 1 amide bonds. The first-order chi connectivity index (χ1) is 8.11. The van der Waals surface area contributed by atoms with Crippen LogP contribution in [0.1, 0.15) is 27.2 Å². The van der Waals surface area contributed by atoms with E-state index in [1.165, 1.54) is 6.92 Å². The average molecular weight is 239 g/mol. The van der Waals surface area contributed by atoms with E-state index in [1.54, 1.807) is 4.90 Å². The van der Waals surface area contributed by atoms with Crippen LogP contribution in [0, 0.1) is 0 Å². The van der Waals surface area contributed by atoms with Gasteiger partial charge in [0.2, 0.25) is 0 Å². The minimum atomic E-state index is -0.164. The first kappa shape index (κ1) is 13.5. The second kappa shape index (κ2) is 6.27. The molecule has 0 aromatic heterocycles. The van der Waals surface area contributed by atoms with Crippen LogP contribution in [0.4, 0.5) is 0 Å². The van der Waals surface area contributed by atoms with Gasteiger partial charge in [-0.05, 0) is 27.2 Å². The van der Waals surface area contributed by atoms with Crippen molar-refractivity contribution >= 4 is 11.7 Å². The lowest BCUT2D eigenvalue weighted by Crippen LogP contribution is -2.40. The summed E-state index contributed by atoms with van der Waals surface area (Å²) in [6.45, 7) is 8.10. The number of nitrogens with one attached hydrogen (secondary N) is 1. The molecule has 0 saturated heterocycles. The number of rotatable bonds is 4. The third-order valence-corrected chi connectivity index (χ3v) is 2.76. The van der Waals surface area contributed by atoms with Crippen LogP contribution >= 0.6 is 0 Å². The summed E-state index contributed by atoms with van der Waals surface area (Å²) in [5.41, 5.74) is 0.299. The summed E-state index contributed by atoms with van der Waals surface area (Å²) in [7, 11) is 0. The minimum Gasteiger partial charge on any atom is -0.512 e. The molecular formula is C12H21N3O2. The highest BCUT2D eigenvalue weighted by Gasteiger charge is 2.24. The Bertz CT molecular complexity index is 340. The van der Waals surface area contributed by atoms with E-state index < -0.39 is 0 Å². The van der Waals surface area contributed by atoms with Gasteiger partial charge in [0.25, 0.3) is 5.91 Å². The molecule has 0 aliphatic carbocycles. The number of nitrogens with zero attached hydrogens (tertiary/aromatic N) is 2. The van der Waals surface area contributed by atoms with Gasteiger partial charge in [-0.3, -0.25) is 9.79 Å². The molecule has 96 valence electrons.